The van der Waals surface area contributed by atoms with Gasteiger partial charge in [-0.2, -0.15) is 13.2 Å². The van der Waals surface area contributed by atoms with E-state index in [-0.39, 0.29) is 18.5 Å². The molecule has 5 nitrogen and oxygen atoms in total. The Bertz CT molecular complexity index is 1090. The number of hydrogen-bond acceptors (Lipinski definition) is 4. The molecule has 0 atom stereocenters. The van der Waals surface area contributed by atoms with Crippen molar-refractivity contribution in [2.45, 2.75) is 61.8 Å². The first-order valence-corrected chi connectivity index (χ1v) is 11.7. The lowest BCUT2D eigenvalue weighted by molar-refractivity contribution is -0.137. The Morgan fingerprint density at radius 1 is 1.22 bits per heavy atom. The number of imidazole rings is 1. The zero-order valence-corrected chi connectivity index (χ0v) is 18.6. The number of alkyl halides is 3. The van der Waals surface area contributed by atoms with Gasteiger partial charge in [-0.15, -0.1) is 0 Å². The van der Waals surface area contributed by atoms with Crippen LogP contribution in [0, 0.1) is 0 Å². The maximum absolute atomic E-state index is 13.1. The van der Waals surface area contributed by atoms with Gasteiger partial charge in [0, 0.05) is 25.0 Å². The average molecular weight is 463 g/mol. The van der Waals surface area contributed by atoms with Crippen molar-refractivity contribution in [2.75, 3.05) is 7.05 Å². The third-order valence-corrected chi connectivity index (χ3v) is 6.99. The zero-order chi connectivity index (χ0) is 22.7. The van der Waals surface area contributed by atoms with Crippen molar-refractivity contribution in [3.8, 4) is 0 Å². The summed E-state index contributed by atoms with van der Waals surface area (Å²) in [5, 5.41) is 0.593. The number of thioether (sulfide) groups is 1. The summed E-state index contributed by atoms with van der Waals surface area (Å²) >= 11 is 1.32. The number of hydrogen-bond donors (Lipinski definition) is 0. The van der Waals surface area contributed by atoms with Gasteiger partial charge in [-0.1, -0.05) is 49.2 Å². The summed E-state index contributed by atoms with van der Waals surface area (Å²) in [6.07, 6.45) is 4.46. The minimum absolute atomic E-state index is 0.000900. The third kappa shape index (κ3) is 5.09. The predicted octanol–water partition coefficient (Wildman–Crippen LogP) is 5.53. The van der Waals surface area contributed by atoms with Gasteiger partial charge in [-0.05, 0) is 30.5 Å². The number of halogens is 3. The topological polar surface area (TPSA) is 51.0 Å². The molecular weight excluding hydrogens is 437 g/mol. The quantitative estimate of drug-likeness (QED) is 0.452. The molecule has 32 heavy (non-hydrogen) atoms. The molecule has 0 bridgehead atoms. The first kappa shape index (κ1) is 22.6. The smallest absolute Gasteiger partial charge is 0.341 e. The number of benzene rings is 1. The highest BCUT2D eigenvalue weighted by molar-refractivity contribution is 7.98. The molecule has 0 radical (unpaired) electrons. The Hall–Kier alpha value is -2.55. The van der Waals surface area contributed by atoms with Crippen LogP contribution in [0.4, 0.5) is 13.2 Å². The number of carbonyl (C=O) groups excluding carboxylic acids is 1. The molecule has 1 aliphatic rings. The fraction of sp³-hybridized carbons (Fsp3) is 0.435. The highest BCUT2D eigenvalue weighted by Gasteiger charge is 2.30. The van der Waals surface area contributed by atoms with E-state index < -0.39 is 11.7 Å². The summed E-state index contributed by atoms with van der Waals surface area (Å²) < 4.78 is 40.9. The zero-order valence-electron chi connectivity index (χ0n) is 17.8. The fourth-order valence-electron chi connectivity index (χ4n) is 4.11. The molecule has 0 spiro atoms. The minimum atomic E-state index is -4.38. The molecule has 2 aromatic heterocycles. The van der Waals surface area contributed by atoms with Crippen LogP contribution in [0.25, 0.3) is 11.0 Å². The fourth-order valence-corrected chi connectivity index (χ4v) is 5.07. The van der Waals surface area contributed by atoms with E-state index >= 15 is 0 Å². The molecule has 1 fully saturated rings. The number of likely N-dealkylation sites (N-methyl/N-ethyl adjacent to an activating group) is 1. The van der Waals surface area contributed by atoms with E-state index in [0.29, 0.717) is 22.0 Å². The molecule has 170 valence electrons. The largest absolute Gasteiger partial charge is 0.416 e. The first-order chi connectivity index (χ1) is 15.3. The molecule has 1 saturated carbocycles. The van der Waals surface area contributed by atoms with Gasteiger partial charge in [0.25, 0.3) is 0 Å². The first-order valence-electron chi connectivity index (χ1n) is 10.7. The standard InChI is InChI=1S/C23H25F3N4OS/c1-29(18-8-3-2-4-9-18)21(31)14-30-20-13-27-11-10-19(20)28-22(30)32-15-16-6-5-7-17(12-16)23(24,25)26/h5-7,10-13,18H,2-4,8-9,14-15H2,1H3. The van der Waals surface area contributed by atoms with Gasteiger partial charge >= 0.3 is 6.18 Å². The van der Waals surface area contributed by atoms with Crippen LogP contribution in [0.1, 0.15) is 43.2 Å². The van der Waals surface area contributed by atoms with Gasteiger partial charge in [0.15, 0.2) is 5.16 Å². The highest BCUT2D eigenvalue weighted by atomic mass is 32.2. The predicted molar refractivity (Wildman–Crippen MR) is 118 cm³/mol. The Morgan fingerprint density at radius 2 is 2.00 bits per heavy atom. The molecule has 1 aliphatic carbocycles. The summed E-state index contributed by atoms with van der Waals surface area (Å²) in [4.78, 5) is 23.7. The average Bonchev–Trinajstić information content (AvgIpc) is 3.14. The van der Waals surface area contributed by atoms with Crippen LogP contribution >= 0.6 is 11.8 Å². The Balaban J connectivity index is 1.55. The van der Waals surface area contributed by atoms with Crippen molar-refractivity contribution >= 4 is 28.7 Å². The molecule has 0 saturated heterocycles. The van der Waals surface area contributed by atoms with E-state index in [0.717, 1.165) is 43.3 Å². The van der Waals surface area contributed by atoms with Crippen molar-refractivity contribution < 1.29 is 18.0 Å². The van der Waals surface area contributed by atoms with Crippen LogP contribution in [-0.2, 0) is 23.3 Å². The number of fused-ring (bicyclic) bond motifs is 1. The molecule has 9 heteroatoms. The lowest BCUT2D eigenvalue weighted by Crippen LogP contribution is -2.40. The molecule has 0 aliphatic heterocycles. The normalized spacial score (nSPS) is 15.2. The number of aromatic nitrogens is 3. The Kier molecular flexibility index (Phi) is 6.74. The number of rotatable bonds is 6. The molecule has 2 heterocycles. The third-order valence-electron chi connectivity index (χ3n) is 5.95. The van der Waals surface area contributed by atoms with Gasteiger partial charge in [-0.25, -0.2) is 4.98 Å². The summed E-state index contributed by atoms with van der Waals surface area (Å²) in [6, 6.07) is 7.33. The molecule has 4 rings (SSSR count). The molecule has 0 N–H and O–H groups in total. The lowest BCUT2D eigenvalue weighted by Gasteiger charge is -2.31. The van der Waals surface area contributed by atoms with Crippen LogP contribution in [-0.4, -0.2) is 38.4 Å². The van der Waals surface area contributed by atoms with Gasteiger partial charge in [0.05, 0.1) is 22.8 Å². The van der Waals surface area contributed by atoms with E-state index in [9.17, 15) is 18.0 Å². The van der Waals surface area contributed by atoms with E-state index in [1.807, 2.05) is 16.5 Å². The highest BCUT2D eigenvalue weighted by Crippen LogP contribution is 2.32. The number of amides is 1. The maximum Gasteiger partial charge on any atom is 0.416 e. The van der Waals surface area contributed by atoms with Crippen molar-refractivity contribution in [3.63, 3.8) is 0 Å². The van der Waals surface area contributed by atoms with E-state index in [1.165, 1.54) is 24.2 Å². The molecule has 0 unspecified atom stereocenters. The van der Waals surface area contributed by atoms with Crippen LogP contribution < -0.4 is 0 Å². The van der Waals surface area contributed by atoms with E-state index in [1.54, 1.807) is 24.5 Å². The number of pyridine rings is 1. The maximum atomic E-state index is 13.1. The van der Waals surface area contributed by atoms with Gasteiger partial charge in [0.1, 0.15) is 6.54 Å². The van der Waals surface area contributed by atoms with Crippen LogP contribution in [0.5, 0.6) is 0 Å². The molecular formula is C23H25F3N4OS. The van der Waals surface area contributed by atoms with Crippen molar-refractivity contribution in [2.24, 2.45) is 0 Å². The van der Waals surface area contributed by atoms with Gasteiger partial charge in [0.2, 0.25) is 5.91 Å². The second-order valence-corrected chi connectivity index (χ2v) is 9.07. The summed E-state index contributed by atoms with van der Waals surface area (Å²) in [5.74, 6) is 0.314. The summed E-state index contributed by atoms with van der Waals surface area (Å²) in [6.45, 7) is 0.125. The summed E-state index contributed by atoms with van der Waals surface area (Å²) in [5.41, 5.74) is 1.33. The minimum Gasteiger partial charge on any atom is -0.341 e. The van der Waals surface area contributed by atoms with E-state index in [2.05, 4.69) is 9.97 Å². The Labute approximate surface area is 189 Å². The van der Waals surface area contributed by atoms with Crippen LogP contribution in [0.2, 0.25) is 0 Å². The molecule has 1 amide bonds. The second-order valence-electron chi connectivity index (χ2n) is 8.13. The van der Waals surface area contributed by atoms with Crippen molar-refractivity contribution in [1.29, 1.82) is 0 Å². The van der Waals surface area contributed by atoms with Crippen molar-refractivity contribution in [1.82, 2.24) is 19.4 Å². The SMILES string of the molecule is CN(C(=O)Cn1c(SCc2cccc(C(F)(F)F)c2)nc2ccncc21)C1CCCCC1. The number of carbonyl (C=O) groups is 1. The van der Waals surface area contributed by atoms with Gasteiger partial charge < -0.3 is 9.47 Å². The van der Waals surface area contributed by atoms with Crippen LogP contribution in [0.3, 0.4) is 0 Å². The van der Waals surface area contributed by atoms with E-state index in [4.69, 9.17) is 0 Å². The molecule has 3 aromatic rings. The lowest BCUT2D eigenvalue weighted by atomic mass is 9.94. The number of nitrogens with zero attached hydrogens (tertiary/aromatic N) is 4. The van der Waals surface area contributed by atoms with Crippen molar-refractivity contribution in [3.05, 3.63) is 53.9 Å². The Morgan fingerprint density at radius 3 is 2.75 bits per heavy atom. The molecule has 1 aromatic carbocycles. The monoisotopic (exact) mass is 462 g/mol. The summed E-state index contributed by atoms with van der Waals surface area (Å²) in [7, 11) is 1.85. The second kappa shape index (κ2) is 9.52. The van der Waals surface area contributed by atoms with Gasteiger partial charge in [-0.3, -0.25) is 9.78 Å². The van der Waals surface area contributed by atoms with Crippen LogP contribution in [0.15, 0.2) is 47.9 Å².